The van der Waals surface area contributed by atoms with Gasteiger partial charge in [-0.3, -0.25) is 4.79 Å². The molecule has 0 radical (unpaired) electrons. The number of methoxy groups -OCH3 is 1. The number of imidazole rings is 1. The van der Waals surface area contributed by atoms with Crippen molar-refractivity contribution in [2.24, 2.45) is 0 Å². The van der Waals surface area contributed by atoms with E-state index >= 15 is 0 Å². The third kappa shape index (κ3) is 5.34. The second-order valence-electron chi connectivity index (χ2n) is 6.23. The molecule has 0 bridgehead atoms. The van der Waals surface area contributed by atoms with E-state index in [1.165, 1.54) is 24.9 Å². The topological polar surface area (TPSA) is 102 Å². The standard InChI is InChI=1S/C18H26N4O4S2/c1-12-6-7-15(10-16(12)28(24,25)19-4)21-17(23)11-27-18-20-13(2)14(3)22(18)8-9-26-5/h6-7,10,19H,8-9,11H2,1-5H3,(H,21,23). The Morgan fingerprint density at radius 3 is 2.64 bits per heavy atom. The number of carbonyl (C=O) groups excluding carboxylic acids is 1. The van der Waals surface area contributed by atoms with E-state index in [0.717, 1.165) is 16.5 Å². The summed E-state index contributed by atoms with van der Waals surface area (Å²) in [6, 6.07) is 4.80. The summed E-state index contributed by atoms with van der Waals surface area (Å²) in [7, 11) is -0.595. The van der Waals surface area contributed by atoms with E-state index in [1.807, 2.05) is 18.4 Å². The molecule has 0 aliphatic heterocycles. The Morgan fingerprint density at radius 2 is 2.00 bits per heavy atom. The highest BCUT2D eigenvalue weighted by atomic mass is 32.2. The molecule has 0 saturated heterocycles. The van der Waals surface area contributed by atoms with Crippen LogP contribution in [0, 0.1) is 20.8 Å². The van der Waals surface area contributed by atoms with Crippen molar-refractivity contribution in [2.45, 2.75) is 37.4 Å². The Morgan fingerprint density at radius 1 is 1.29 bits per heavy atom. The molecular weight excluding hydrogens is 400 g/mol. The monoisotopic (exact) mass is 426 g/mol. The quantitative estimate of drug-likeness (QED) is 0.596. The summed E-state index contributed by atoms with van der Waals surface area (Å²) < 4.78 is 33.6. The minimum atomic E-state index is -3.59. The van der Waals surface area contributed by atoms with Crippen LogP contribution < -0.4 is 10.0 Å². The number of sulfonamides is 1. The molecule has 0 saturated carbocycles. The van der Waals surface area contributed by atoms with E-state index in [-0.39, 0.29) is 16.6 Å². The normalized spacial score (nSPS) is 11.6. The molecule has 0 fully saturated rings. The van der Waals surface area contributed by atoms with Gasteiger partial charge in [-0.05, 0) is 45.5 Å². The summed E-state index contributed by atoms with van der Waals surface area (Å²) in [6.07, 6.45) is 0. The summed E-state index contributed by atoms with van der Waals surface area (Å²) in [5, 5.41) is 3.50. The number of amides is 1. The first-order valence-electron chi connectivity index (χ1n) is 8.69. The number of aryl methyl sites for hydroxylation is 2. The number of aromatic nitrogens is 2. The van der Waals surface area contributed by atoms with Crippen molar-refractivity contribution in [3.05, 3.63) is 35.2 Å². The minimum absolute atomic E-state index is 0.141. The minimum Gasteiger partial charge on any atom is -0.383 e. The number of thioether (sulfide) groups is 1. The summed E-state index contributed by atoms with van der Waals surface area (Å²) >= 11 is 1.33. The molecule has 0 atom stereocenters. The first-order chi connectivity index (χ1) is 13.2. The van der Waals surface area contributed by atoms with Crippen molar-refractivity contribution >= 4 is 33.4 Å². The molecule has 1 heterocycles. The molecule has 0 aliphatic carbocycles. The lowest BCUT2D eigenvalue weighted by Gasteiger charge is -2.11. The zero-order valence-electron chi connectivity index (χ0n) is 16.7. The smallest absolute Gasteiger partial charge is 0.240 e. The second-order valence-corrected chi connectivity index (χ2v) is 9.03. The second kappa shape index (κ2) is 9.55. The van der Waals surface area contributed by atoms with Gasteiger partial charge in [-0.15, -0.1) is 0 Å². The molecule has 154 valence electrons. The van der Waals surface area contributed by atoms with E-state index < -0.39 is 10.0 Å². The van der Waals surface area contributed by atoms with Gasteiger partial charge in [0.2, 0.25) is 15.9 Å². The fourth-order valence-electron chi connectivity index (χ4n) is 2.58. The molecule has 1 amide bonds. The number of anilines is 1. The first-order valence-corrected chi connectivity index (χ1v) is 11.2. The van der Waals surface area contributed by atoms with Gasteiger partial charge < -0.3 is 14.6 Å². The van der Waals surface area contributed by atoms with Crippen molar-refractivity contribution in [1.82, 2.24) is 14.3 Å². The van der Waals surface area contributed by atoms with Crippen LogP contribution in [0.4, 0.5) is 5.69 Å². The van der Waals surface area contributed by atoms with Crippen LogP contribution in [0.15, 0.2) is 28.3 Å². The maximum atomic E-state index is 12.4. The Bertz CT molecular complexity index is 955. The lowest BCUT2D eigenvalue weighted by atomic mass is 10.2. The molecule has 0 aliphatic rings. The molecule has 2 N–H and O–H groups in total. The van der Waals surface area contributed by atoms with Gasteiger partial charge in [0, 0.05) is 25.0 Å². The predicted octanol–water partition coefficient (Wildman–Crippen LogP) is 2.09. The van der Waals surface area contributed by atoms with Crippen LogP contribution in [0.3, 0.4) is 0 Å². The van der Waals surface area contributed by atoms with Gasteiger partial charge >= 0.3 is 0 Å². The molecule has 2 rings (SSSR count). The van der Waals surface area contributed by atoms with Crippen molar-refractivity contribution in [1.29, 1.82) is 0 Å². The molecule has 2 aromatic rings. The summed E-state index contributed by atoms with van der Waals surface area (Å²) in [5.41, 5.74) is 2.99. The maximum Gasteiger partial charge on any atom is 0.240 e. The molecule has 1 aromatic carbocycles. The molecule has 1 aromatic heterocycles. The third-order valence-electron chi connectivity index (χ3n) is 4.30. The van der Waals surface area contributed by atoms with Crippen LogP contribution in [0.1, 0.15) is 17.0 Å². The van der Waals surface area contributed by atoms with Crippen LogP contribution in [0.5, 0.6) is 0 Å². The van der Waals surface area contributed by atoms with Gasteiger partial charge in [0.1, 0.15) is 0 Å². The molecule has 28 heavy (non-hydrogen) atoms. The van der Waals surface area contributed by atoms with E-state index in [0.29, 0.717) is 24.4 Å². The highest BCUT2D eigenvalue weighted by Crippen LogP contribution is 2.23. The summed E-state index contributed by atoms with van der Waals surface area (Å²) in [6.45, 7) is 6.84. The fraction of sp³-hybridized carbons (Fsp3) is 0.444. The Labute approximate surface area is 170 Å². The fourth-order valence-corrected chi connectivity index (χ4v) is 4.50. The number of carbonyl (C=O) groups is 1. The van der Waals surface area contributed by atoms with Crippen LogP contribution in [-0.2, 0) is 26.1 Å². The van der Waals surface area contributed by atoms with Crippen molar-refractivity contribution in [3.8, 4) is 0 Å². The lowest BCUT2D eigenvalue weighted by Crippen LogP contribution is -2.20. The van der Waals surface area contributed by atoms with Crippen molar-refractivity contribution < 1.29 is 17.9 Å². The number of hydrogen-bond donors (Lipinski definition) is 2. The highest BCUT2D eigenvalue weighted by molar-refractivity contribution is 7.99. The largest absolute Gasteiger partial charge is 0.383 e. The number of hydrogen-bond acceptors (Lipinski definition) is 6. The van der Waals surface area contributed by atoms with Gasteiger partial charge in [-0.1, -0.05) is 17.8 Å². The molecule has 0 spiro atoms. The Kier molecular flexibility index (Phi) is 7.64. The van der Waals surface area contributed by atoms with Gasteiger partial charge in [-0.25, -0.2) is 18.1 Å². The average Bonchev–Trinajstić information content (AvgIpc) is 2.93. The van der Waals surface area contributed by atoms with Crippen molar-refractivity contribution in [2.75, 3.05) is 31.8 Å². The zero-order chi connectivity index (χ0) is 20.9. The SMILES string of the molecule is CNS(=O)(=O)c1cc(NC(=O)CSc2nc(C)c(C)n2CCOC)ccc1C. The van der Waals surface area contributed by atoms with E-state index in [1.54, 1.807) is 26.2 Å². The van der Waals surface area contributed by atoms with Crippen molar-refractivity contribution in [3.63, 3.8) is 0 Å². The van der Waals surface area contributed by atoms with Gasteiger partial charge in [0.15, 0.2) is 5.16 Å². The van der Waals surface area contributed by atoms with Gasteiger partial charge in [-0.2, -0.15) is 0 Å². The summed E-state index contributed by atoms with van der Waals surface area (Å²) in [5.74, 6) is -0.0801. The van der Waals surface area contributed by atoms with Crippen LogP contribution in [-0.4, -0.2) is 50.4 Å². The molecular formula is C18H26N4O4S2. The lowest BCUT2D eigenvalue weighted by molar-refractivity contribution is -0.113. The molecule has 8 nitrogen and oxygen atoms in total. The van der Waals surface area contributed by atoms with Crippen LogP contribution >= 0.6 is 11.8 Å². The molecule has 0 unspecified atom stereocenters. The van der Waals surface area contributed by atoms with Gasteiger partial charge in [0.05, 0.1) is 22.9 Å². The summed E-state index contributed by atoms with van der Waals surface area (Å²) in [4.78, 5) is 17.0. The number of ether oxygens (including phenoxy) is 1. The third-order valence-corrected chi connectivity index (χ3v) is 6.84. The number of nitrogens with zero attached hydrogens (tertiary/aromatic N) is 2. The molecule has 10 heteroatoms. The first kappa shape index (κ1) is 22.4. The highest BCUT2D eigenvalue weighted by Gasteiger charge is 2.17. The number of rotatable bonds is 9. The van der Waals surface area contributed by atoms with E-state index in [9.17, 15) is 13.2 Å². The zero-order valence-corrected chi connectivity index (χ0v) is 18.3. The average molecular weight is 427 g/mol. The number of benzene rings is 1. The number of nitrogens with one attached hydrogen (secondary N) is 2. The van der Waals surface area contributed by atoms with E-state index in [4.69, 9.17) is 4.74 Å². The predicted molar refractivity (Wildman–Crippen MR) is 110 cm³/mol. The van der Waals surface area contributed by atoms with E-state index in [2.05, 4.69) is 15.0 Å². The van der Waals surface area contributed by atoms with Crippen LogP contribution in [0.25, 0.3) is 0 Å². The Balaban J connectivity index is 2.08. The maximum absolute atomic E-state index is 12.4. The van der Waals surface area contributed by atoms with Gasteiger partial charge in [0.25, 0.3) is 0 Å². The van der Waals surface area contributed by atoms with Crippen LogP contribution in [0.2, 0.25) is 0 Å². The Hall–Kier alpha value is -1.88.